The normalized spacial score (nSPS) is 14.1. The molecule has 1 aliphatic rings. The molecule has 0 unspecified atom stereocenters. The Kier molecular flexibility index (Phi) is 5.46. The maximum atomic E-state index is 13.9. The van der Waals surface area contributed by atoms with Crippen LogP contribution in [0.3, 0.4) is 0 Å². The second kappa shape index (κ2) is 7.95. The molecule has 2 amide bonds. The summed E-state index contributed by atoms with van der Waals surface area (Å²) in [7, 11) is 3.08. The molecule has 2 aromatic rings. The summed E-state index contributed by atoms with van der Waals surface area (Å²) in [5, 5.41) is 2.86. The number of piperazine rings is 1. The van der Waals surface area contributed by atoms with Crippen molar-refractivity contribution in [3.05, 3.63) is 48.3 Å². The molecule has 2 aromatic carbocycles. The number of hydrogen-bond acceptors (Lipinski definition) is 4. The lowest BCUT2D eigenvalue weighted by molar-refractivity contribution is 0.208. The van der Waals surface area contributed by atoms with Crippen LogP contribution in [0, 0.1) is 5.82 Å². The lowest BCUT2D eigenvalue weighted by Gasteiger charge is -2.36. The van der Waals surface area contributed by atoms with Crippen molar-refractivity contribution in [1.82, 2.24) is 4.90 Å². The van der Waals surface area contributed by atoms with Gasteiger partial charge in [-0.2, -0.15) is 0 Å². The molecule has 0 radical (unpaired) electrons. The third-order valence-corrected chi connectivity index (χ3v) is 4.42. The van der Waals surface area contributed by atoms with Gasteiger partial charge in [0.2, 0.25) is 0 Å². The number of nitrogens with zero attached hydrogens (tertiary/aromatic N) is 2. The number of nitrogens with one attached hydrogen (secondary N) is 1. The Bertz CT molecular complexity index is 754. The molecule has 0 aliphatic carbocycles. The van der Waals surface area contributed by atoms with Gasteiger partial charge >= 0.3 is 6.03 Å². The van der Waals surface area contributed by atoms with Crippen LogP contribution in [-0.2, 0) is 0 Å². The Labute approximate surface area is 152 Å². The van der Waals surface area contributed by atoms with E-state index >= 15 is 0 Å². The first-order chi connectivity index (χ1) is 12.6. The van der Waals surface area contributed by atoms with Crippen LogP contribution in [0.1, 0.15) is 0 Å². The lowest BCUT2D eigenvalue weighted by atomic mass is 10.2. The highest BCUT2D eigenvalue weighted by molar-refractivity contribution is 5.93. The summed E-state index contributed by atoms with van der Waals surface area (Å²) in [5.41, 5.74) is 1.07. The van der Waals surface area contributed by atoms with Crippen molar-refractivity contribution in [1.29, 1.82) is 0 Å². The first-order valence-electron chi connectivity index (χ1n) is 8.40. The second-order valence-corrected chi connectivity index (χ2v) is 5.89. The van der Waals surface area contributed by atoms with Crippen LogP contribution in [-0.4, -0.2) is 51.3 Å². The van der Waals surface area contributed by atoms with Crippen LogP contribution >= 0.6 is 0 Å². The number of carbonyl (C=O) groups excluding carboxylic acids is 1. The number of carbonyl (C=O) groups is 1. The van der Waals surface area contributed by atoms with E-state index in [2.05, 4.69) is 5.32 Å². The highest BCUT2D eigenvalue weighted by Gasteiger charge is 2.24. The van der Waals surface area contributed by atoms with E-state index in [1.807, 2.05) is 11.0 Å². The molecule has 0 saturated carbocycles. The predicted molar refractivity (Wildman–Crippen MR) is 98.8 cm³/mol. The summed E-state index contributed by atoms with van der Waals surface area (Å²) >= 11 is 0. The van der Waals surface area contributed by atoms with E-state index in [1.165, 1.54) is 20.3 Å². The fourth-order valence-corrected chi connectivity index (χ4v) is 3.02. The summed E-state index contributed by atoms with van der Waals surface area (Å²) in [6, 6.07) is 11.8. The third-order valence-electron chi connectivity index (χ3n) is 4.42. The van der Waals surface area contributed by atoms with Gasteiger partial charge in [0.1, 0.15) is 23.0 Å². The molecule has 0 spiro atoms. The number of amides is 2. The SMILES string of the molecule is COc1cccc(OC)c1NC(=O)N1CCN(c2ccccc2F)CC1. The van der Waals surface area contributed by atoms with Crippen LogP contribution in [0.4, 0.5) is 20.6 Å². The van der Waals surface area contributed by atoms with Crippen molar-refractivity contribution >= 4 is 17.4 Å². The third kappa shape index (κ3) is 3.66. The number of ether oxygens (including phenoxy) is 2. The van der Waals surface area contributed by atoms with E-state index in [0.29, 0.717) is 49.1 Å². The van der Waals surface area contributed by atoms with Gasteiger partial charge in [0.25, 0.3) is 0 Å². The van der Waals surface area contributed by atoms with Gasteiger partial charge in [-0.15, -0.1) is 0 Å². The summed E-state index contributed by atoms with van der Waals surface area (Å²) in [5.74, 6) is 0.814. The summed E-state index contributed by atoms with van der Waals surface area (Å²) < 4.78 is 24.5. The smallest absolute Gasteiger partial charge is 0.322 e. The van der Waals surface area contributed by atoms with Crippen LogP contribution in [0.5, 0.6) is 11.5 Å². The number of rotatable bonds is 4. The van der Waals surface area contributed by atoms with E-state index in [4.69, 9.17) is 9.47 Å². The first kappa shape index (κ1) is 17.8. The Morgan fingerprint density at radius 3 is 2.15 bits per heavy atom. The highest BCUT2D eigenvalue weighted by Crippen LogP contribution is 2.34. The van der Waals surface area contributed by atoms with E-state index < -0.39 is 0 Å². The molecular formula is C19H22FN3O3. The Morgan fingerprint density at radius 2 is 1.58 bits per heavy atom. The van der Waals surface area contributed by atoms with Crippen LogP contribution in [0.15, 0.2) is 42.5 Å². The summed E-state index contributed by atoms with van der Waals surface area (Å²) in [6.07, 6.45) is 0. The standard InChI is InChI=1S/C19H22FN3O3/c1-25-16-8-5-9-17(26-2)18(16)21-19(24)23-12-10-22(11-13-23)15-7-4-3-6-14(15)20/h3-9H,10-13H2,1-2H3,(H,21,24). The lowest BCUT2D eigenvalue weighted by Crippen LogP contribution is -2.50. The van der Waals surface area contributed by atoms with Gasteiger partial charge < -0.3 is 24.6 Å². The number of urea groups is 1. The molecule has 7 heteroatoms. The number of halogens is 1. The monoisotopic (exact) mass is 359 g/mol. The molecule has 0 bridgehead atoms. The number of methoxy groups -OCH3 is 2. The highest BCUT2D eigenvalue weighted by atomic mass is 19.1. The Hall–Kier alpha value is -2.96. The zero-order valence-corrected chi connectivity index (χ0v) is 14.9. The topological polar surface area (TPSA) is 54.0 Å². The molecule has 0 atom stereocenters. The van der Waals surface area contributed by atoms with E-state index in [-0.39, 0.29) is 11.8 Å². The fraction of sp³-hybridized carbons (Fsp3) is 0.316. The molecule has 1 saturated heterocycles. The maximum Gasteiger partial charge on any atom is 0.322 e. The molecule has 1 fully saturated rings. The molecule has 1 aliphatic heterocycles. The average Bonchev–Trinajstić information content (AvgIpc) is 2.68. The van der Waals surface area contributed by atoms with Gasteiger partial charge in [-0.1, -0.05) is 18.2 Å². The fourth-order valence-electron chi connectivity index (χ4n) is 3.02. The Morgan fingerprint density at radius 1 is 0.962 bits per heavy atom. The average molecular weight is 359 g/mol. The van der Waals surface area contributed by atoms with Crippen molar-refractivity contribution in [2.45, 2.75) is 0 Å². The van der Waals surface area contributed by atoms with E-state index in [1.54, 1.807) is 35.2 Å². The molecule has 1 heterocycles. The molecule has 0 aromatic heterocycles. The van der Waals surface area contributed by atoms with Crippen molar-refractivity contribution in [2.75, 3.05) is 50.6 Å². The molecular weight excluding hydrogens is 337 g/mol. The van der Waals surface area contributed by atoms with Crippen LogP contribution in [0.2, 0.25) is 0 Å². The number of benzene rings is 2. The van der Waals surface area contributed by atoms with Crippen molar-refractivity contribution < 1.29 is 18.7 Å². The van der Waals surface area contributed by atoms with Gasteiger partial charge in [-0.3, -0.25) is 0 Å². The van der Waals surface area contributed by atoms with Gasteiger partial charge in [-0.25, -0.2) is 9.18 Å². The number of para-hydroxylation sites is 2. The minimum Gasteiger partial charge on any atom is -0.494 e. The summed E-state index contributed by atoms with van der Waals surface area (Å²) in [6.45, 7) is 2.13. The van der Waals surface area contributed by atoms with Crippen molar-refractivity contribution in [3.63, 3.8) is 0 Å². The largest absolute Gasteiger partial charge is 0.494 e. The minimum atomic E-state index is -0.246. The van der Waals surface area contributed by atoms with Gasteiger partial charge in [-0.05, 0) is 24.3 Å². The zero-order valence-electron chi connectivity index (χ0n) is 14.9. The molecule has 1 N–H and O–H groups in total. The van der Waals surface area contributed by atoms with Crippen molar-refractivity contribution in [3.8, 4) is 11.5 Å². The zero-order chi connectivity index (χ0) is 18.5. The van der Waals surface area contributed by atoms with E-state index in [9.17, 15) is 9.18 Å². The second-order valence-electron chi connectivity index (χ2n) is 5.89. The first-order valence-corrected chi connectivity index (χ1v) is 8.40. The number of hydrogen-bond donors (Lipinski definition) is 1. The molecule has 26 heavy (non-hydrogen) atoms. The van der Waals surface area contributed by atoms with Crippen molar-refractivity contribution in [2.24, 2.45) is 0 Å². The van der Waals surface area contributed by atoms with Crippen LogP contribution < -0.4 is 19.7 Å². The number of anilines is 2. The molecule has 6 nitrogen and oxygen atoms in total. The quantitative estimate of drug-likeness (QED) is 0.911. The minimum absolute atomic E-state index is 0.235. The van der Waals surface area contributed by atoms with Gasteiger partial charge in [0.15, 0.2) is 0 Å². The van der Waals surface area contributed by atoms with Gasteiger partial charge in [0.05, 0.1) is 19.9 Å². The van der Waals surface area contributed by atoms with E-state index in [0.717, 1.165) is 0 Å². The Balaban J connectivity index is 1.66. The summed E-state index contributed by atoms with van der Waals surface area (Å²) in [4.78, 5) is 16.3. The predicted octanol–water partition coefficient (Wildman–Crippen LogP) is 3.20. The maximum absolute atomic E-state index is 13.9. The van der Waals surface area contributed by atoms with Gasteiger partial charge in [0, 0.05) is 26.2 Å². The molecule has 138 valence electrons. The van der Waals surface area contributed by atoms with Crippen LogP contribution in [0.25, 0.3) is 0 Å². The molecule has 3 rings (SSSR count).